The third-order valence-corrected chi connectivity index (χ3v) is 5.71. The van der Waals surface area contributed by atoms with E-state index in [1.165, 1.54) is 10.6 Å². The maximum atomic E-state index is 13.2. The molecule has 172 valence electrons. The van der Waals surface area contributed by atoms with Crippen LogP contribution in [-0.2, 0) is 7.05 Å². The molecule has 2 heterocycles. The van der Waals surface area contributed by atoms with Crippen molar-refractivity contribution < 1.29 is 9.59 Å². The smallest absolute Gasteiger partial charge is 0.273 e. The number of fused-ring (bicyclic) bond motifs is 1. The second-order valence-corrected chi connectivity index (χ2v) is 7.92. The number of amides is 2. The molecule has 5 rings (SSSR count). The van der Waals surface area contributed by atoms with E-state index in [1.54, 1.807) is 42.2 Å². The van der Waals surface area contributed by atoms with Gasteiger partial charge in [-0.1, -0.05) is 66.7 Å². The summed E-state index contributed by atoms with van der Waals surface area (Å²) in [5, 5.41) is 5.22. The molecule has 2 N–H and O–H groups in total. The summed E-state index contributed by atoms with van der Waals surface area (Å²) in [6.07, 6.45) is 1.62. The van der Waals surface area contributed by atoms with E-state index < -0.39 is 11.8 Å². The summed E-state index contributed by atoms with van der Waals surface area (Å²) >= 11 is 0. The summed E-state index contributed by atoms with van der Waals surface area (Å²) < 4.78 is 3.09. The number of rotatable bonds is 4. The summed E-state index contributed by atoms with van der Waals surface area (Å²) in [6, 6.07) is 27.1. The molecule has 8 heteroatoms. The largest absolute Gasteiger partial charge is 0.311 e. The Morgan fingerprint density at radius 2 is 1.37 bits per heavy atom. The minimum atomic E-state index is -0.594. The maximum absolute atomic E-state index is 13.2. The lowest BCUT2D eigenvalue weighted by Gasteiger charge is -2.11. The fourth-order valence-electron chi connectivity index (χ4n) is 3.91. The summed E-state index contributed by atoms with van der Waals surface area (Å²) in [7, 11) is 1.64. The number of carbonyl (C=O) groups excluding carboxylic acids is 2. The number of pyridine rings is 1. The van der Waals surface area contributed by atoms with Gasteiger partial charge in [0.1, 0.15) is 5.69 Å². The van der Waals surface area contributed by atoms with Gasteiger partial charge in [0.15, 0.2) is 0 Å². The van der Waals surface area contributed by atoms with Gasteiger partial charge in [0.05, 0.1) is 22.3 Å². The Labute approximate surface area is 200 Å². The summed E-state index contributed by atoms with van der Waals surface area (Å²) in [5.41, 5.74) is 7.69. The molecule has 2 aromatic heterocycles. The van der Waals surface area contributed by atoms with Crippen molar-refractivity contribution in [3.63, 3.8) is 0 Å². The Bertz CT molecular complexity index is 1610. The Balaban J connectivity index is 1.45. The highest BCUT2D eigenvalue weighted by atomic mass is 16.2. The van der Waals surface area contributed by atoms with Gasteiger partial charge in [-0.25, -0.2) is 4.68 Å². The molecule has 0 saturated carbocycles. The first-order valence-corrected chi connectivity index (χ1v) is 10.9. The van der Waals surface area contributed by atoms with Crippen LogP contribution in [0, 0.1) is 0 Å². The number of hydrogen-bond acceptors (Lipinski definition) is 4. The van der Waals surface area contributed by atoms with E-state index in [2.05, 4.69) is 16.0 Å². The zero-order valence-corrected chi connectivity index (χ0v) is 18.8. The van der Waals surface area contributed by atoms with Gasteiger partial charge in [0.25, 0.3) is 17.4 Å². The van der Waals surface area contributed by atoms with Gasteiger partial charge in [0.2, 0.25) is 0 Å². The SMILES string of the molecule is Cn1c(=O)cc(C(=O)NNC(=O)c2cn(-c3ccccc3)nc2-c2ccccc2)c2ccccc21. The number of aryl methyl sites for hydroxylation is 1. The van der Waals surface area contributed by atoms with Gasteiger partial charge in [0, 0.05) is 30.3 Å². The average molecular weight is 463 g/mol. The van der Waals surface area contributed by atoms with E-state index in [-0.39, 0.29) is 16.7 Å². The average Bonchev–Trinajstić information content (AvgIpc) is 3.36. The van der Waals surface area contributed by atoms with E-state index in [0.29, 0.717) is 16.6 Å². The lowest BCUT2D eigenvalue weighted by atomic mass is 10.1. The molecule has 8 nitrogen and oxygen atoms in total. The van der Waals surface area contributed by atoms with Crippen molar-refractivity contribution in [1.29, 1.82) is 0 Å². The van der Waals surface area contributed by atoms with Crippen LogP contribution in [-0.4, -0.2) is 26.2 Å². The first-order chi connectivity index (χ1) is 17.0. The van der Waals surface area contributed by atoms with E-state index in [0.717, 1.165) is 11.3 Å². The molecule has 3 aromatic carbocycles. The van der Waals surface area contributed by atoms with Crippen molar-refractivity contribution in [2.45, 2.75) is 0 Å². The molecule has 0 aliphatic heterocycles. The van der Waals surface area contributed by atoms with E-state index >= 15 is 0 Å². The molecule has 35 heavy (non-hydrogen) atoms. The highest BCUT2D eigenvalue weighted by Crippen LogP contribution is 2.23. The molecule has 0 unspecified atom stereocenters. The van der Waals surface area contributed by atoms with Crippen LogP contribution in [0.2, 0.25) is 0 Å². The highest BCUT2D eigenvalue weighted by molar-refractivity contribution is 6.07. The van der Waals surface area contributed by atoms with E-state index in [4.69, 9.17) is 0 Å². The summed E-state index contributed by atoms with van der Waals surface area (Å²) in [6.45, 7) is 0. The lowest BCUT2D eigenvalue weighted by Crippen LogP contribution is -2.42. The first-order valence-electron chi connectivity index (χ1n) is 10.9. The Kier molecular flexibility index (Phi) is 5.68. The molecule has 0 fully saturated rings. The Morgan fingerprint density at radius 3 is 2.09 bits per heavy atom. The first kappa shape index (κ1) is 21.8. The number of aromatic nitrogens is 3. The molecule has 0 atom stereocenters. The van der Waals surface area contributed by atoms with Crippen LogP contribution in [0.1, 0.15) is 20.7 Å². The zero-order valence-electron chi connectivity index (χ0n) is 18.8. The molecule has 0 aliphatic carbocycles. The predicted molar refractivity (Wildman–Crippen MR) is 133 cm³/mol. The topological polar surface area (TPSA) is 98.0 Å². The van der Waals surface area contributed by atoms with Crippen LogP contribution >= 0.6 is 0 Å². The highest BCUT2D eigenvalue weighted by Gasteiger charge is 2.20. The van der Waals surface area contributed by atoms with Crippen LogP contribution in [0.4, 0.5) is 0 Å². The Hall–Kier alpha value is -4.98. The molecule has 0 spiro atoms. The Morgan fingerprint density at radius 1 is 0.771 bits per heavy atom. The normalized spacial score (nSPS) is 10.8. The van der Waals surface area contributed by atoms with Crippen LogP contribution in [0.3, 0.4) is 0 Å². The molecule has 5 aromatic rings. The second kappa shape index (κ2) is 9.11. The number of hydrazine groups is 1. The maximum Gasteiger partial charge on any atom is 0.273 e. The van der Waals surface area contributed by atoms with E-state index in [9.17, 15) is 14.4 Å². The van der Waals surface area contributed by atoms with Crippen molar-refractivity contribution in [2.24, 2.45) is 7.05 Å². The van der Waals surface area contributed by atoms with Crippen LogP contribution < -0.4 is 16.4 Å². The molecule has 0 saturated heterocycles. The molecule has 0 radical (unpaired) electrons. The second-order valence-electron chi connectivity index (χ2n) is 7.92. The third-order valence-electron chi connectivity index (χ3n) is 5.71. The standard InChI is InChI=1S/C27H21N5O3/c1-31-23-15-9-8-14-20(23)21(16-24(31)33)26(34)28-29-27(35)22-17-32(19-12-6-3-7-13-19)30-25(22)18-10-4-2-5-11-18/h2-17H,1H3,(H,28,34)(H,29,35). The monoisotopic (exact) mass is 463 g/mol. The predicted octanol–water partition coefficient (Wildman–Crippen LogP) is 3.47. The van der Waals surface area contributed by atoms with Gasteiger partial charge in [-0.3, -0.25) is 25.2 Å². The lowest BCUT2D eigenvalue weighted by molar-refractivity contribution is 0.0848. The van der Waals surface area contributed by atoms with Crippen molar-refractivity contribution in [3.8, 4) is 16.9 Å². The fourth-order valence-corrected chi connectivity index (χ4v) is 3.91. The molecule has 0 aliphatic rings. The molecule has 0 bridgehead atoms. The minimum Gasteiger partial charge on any atom is -0.311 e. The molecular weight excluding hydrogens is 442 g/mol. The quantitative estimate of drug-likeness (QED) is 0.399. The number of nitrogens with one attached hydrogen (secondary N) is 2. The van der Waals surface area contributed by atoms with Gasteiger partial charge < -0.3 is 4.57 Å². The van der Waals surface area contributed by atoms with Gasteiger partial charge in [-0.2, -0.15) is 5.10 Å². The van der Waals surface area contributed by atoms with Crippen molar-refractivity contribution >= 4 is 22.7 Å². The van der Waals surface area contributed by atoms with Crippen LogP contribution in [0.25, 0.3) is 27.8 Å². The number of carbonyl (C=O) groups is 2. The van der Waals surface area contributed by atoms with Gasteiger partial charge in [-0.15, -0.1) is 0 Å². The summed E-state index contributed by atoms with van der Waals surface area (Å²) in [5.74, 6) is -1.13. The summed E-state index contributed by atoms with van der Waals surface area (Å²) in [4.78, 5) is 38.4. The minimum absolute atomic E-state index is 0.173. The van der Waals surface area contributed by atoms with E-state index in [1.807, 2.05) is 60.7 Å². The van der Waals surface area contributed by atoms with Crippen LogP contribution in [0.5, 0.6) is 0 Å². The number of hydrogen-bond donors (Lipinski definition) is 2. The van der Waals surface area contributed by atoms with Gasteiger partial charge >= 0.3 is 0 Å². The zero-order chi connectivity index (χ0) is 24.4. The third kappa shape index (κ3) is 4.20. The number of para-hydroxylation sites is 2. The fraction of sp³-hybridized carbons (Fsp3) is 0.0370. The van der Waals surface area contributed by atoms with Crippen LogP contribution in [0.15, 0.2) is 102 Å². The van der Waals surface area contributed by atoms with Gasteiger partial charge in [-0.05, 0) is 18.2 Å². The van der Waals surface area contributed by atoms with Crippen molar-refractivity contribution in [1.82, 2.24) is 25.2 Å². The number of benzene rings is 3. The molecular formula is C27H21N5O3. The number of nitrogens with zero attached hydrogens (tertiary/aromatic N) is 3. The molecule has 2 amide bonds. The van der Waals surface area contributed by atoms with Crippen molar-refractivity contribution in [2.75, 3.05) is 0 Å². The van der Waals surface area contributed by atoms with Crippen molar-refractivity contribution in [3.05, 3.63) is 119 Å².